The Balaban J connectivity index is 2.18. The summed E-state index contributed by atoms with van der Waals surface area (Å²) in [4.78, 5) is 37.8. The third-order valence-electron chi connectivity index (χ3n) is 3.61. The highest BCUT2D eigenvalue weighted by molar-refractivity contribution is 7.80. The minimum absolute atomic E-state index is 0.0363. The monoisotopic (exact) mass is 384 g/mol. The molecule has 0 spiro atoms. The molecule has 136 valence electrons. The molecule has 1 aliphatic rings. The number of rotatable bonds is 4. The molecule has 0 atom stereocenters. The van der Waals surface area contributed by atoms with E-state index in [9.17, 15) is 14.4 Å². The van der Waals surface area contributed by atoms with Gasteiger partial charge >= 0.3 is 5.97 Å². The summed E-state index contributed by atoms with van der Waals surface area (Å²) in [5.74, 6) is -0.877. The molecule has 2 rings (SSSR count). The van der Waals surface area contributed by atoms with Gasteiger partial charge in [-0.2, -0.15) is 0 Å². The number of esters is 1. The largest absolute Gasteiger partial charge is 0.465 e. The quantitative estimate of drug-likeness (QED) is 0.408. The highest BCUT2D eigenvalue weighted by atomic mass is 32.1. The molecule has 1 aromatic rings. The van der Waals surface area contributed by atoms with Crippen LogP contribution in [0.3, 0.4) is 0 Å². The van der Waals surface area contributed by atoms with Crippen LogP contribution in [0.4, 0.5) is 5.00 Å². The van der Waals surface area contributed by atoms with Crippen LogP contribution in [-0.4, -0.2) is 49.0 Å². The molecule has 25 heavy (non-hydrogen) atoms. The Morgan fingerprint density at radius 3 is 2.40 bits per heavy atom. The van der Waals surface area contributed by atoms with Gasteiger partial charge in [0.2, 0.25) is 5.91 Å². The Labute approximate surface area is 154 Å². The first-order valence-corrected chi connectivity index (χ1v) is 8.79. The van der Waals surface area contributed by atoms with Crippen LogP contribution in [-0.2, 0) is 9.53 Å². The highest BCUT2D eigenvalue weighted by Gasteiger charge is 2.30. The number of thiocarbonyl (C=S) groups is 1. The van der Waals surface area contributed by atoms with E-state index in [4.69, 9.17) is 17.0 Å². The summed E-state index contributed by atoms with van der Waals surface area (Å²) < 4.78 is 4.80. The van der Waals surface area contributed by atoms with E-state index < -0.39 is 5.97 Å². The maximum atomic E-state index is 12.3. The molecule has 0 saturated heterocycles. The fourth-order valence-electron chi connectivity index (χ4n) is 2.06. The number of amides is 2. The molecule has 0 bridgehead atoms. The SMILES string of the molecule is COC(=O)c1c(NC(=S)NNC(=O)C2CC2)sc(C(=O)N(C)C)c1C. The third-order valence-corrected chi connectivity index (χ3v) is 5.01. The van der Waals surface area contributed by atoms with Crippen LogP contribution < -0.4 is 16.2 Å². The highest BCUT2D eigenvalue weighted by Crippen LogP contribution is 2.34. The number of thiophene rings is 1. The Kier molecular flexibility index (Phi) is 5.96. The molecule has 0 unspecified atom stereocenters. The van der Waals surface area contributed by atoms with E-state index >= 15 is 0 Å². The number of carbonyl (C=O) groups is 3. The Morgan fingerprint density at radius 2 is 1.88 bits per heavy atom. The van der Waals surface area contributed by atoms with E-state index in [-0.39, 0.29) is 28.4 Å². The zero-order valence-electron chi connectivity index (χ0n) is 14.4. The molecule has 1 aromatic heterocycles. The first-order valence-electron chi connectivity index (χ1n) is 7.56. The number of anilines is 1. The van der Waals surface area contributed by atoms with Crippen molar-refractivity contribution in [2.24, 2.45) is 5.92 Å². The number of nitrogens with zero attached hydrogens (tertiary/aromatic N) is 1. The minimum Gasteiger partial charge on any atom is -0.465 e. The predicted molar refractivity (Wildman–Crippen MR) is 98.6 cm³/mol. The second-order valence-electron chi connectivity index (χ2n) is 5.79. The van der Waals surface area contributed by atoms with Gasteiger partial charge in [-0.05, 0) is 37.5 Å². The van der Waals surface area contributed by atoms with E-state index in [0.717, 1.165) is 24.2 Å². The third kappa shape index (κ3) is 4.45. The Bertz CT molecular complexity index is 725. The molecule has 1 fully saturated rings. The van der Waals surface area contributed by atoms with Crippen molar-refractivity contribution in [2.75, 3.05) is 26.5 Å². The first-order chi connectivity index (χ1) is 11.8. The van der Waals surface area contributed by atoms with E-state index in [1.165, 1.54) is 12.0 Å². The van der Waals surface area contributed by atoms with Crippen molar-refractivity contribution in [3.63, 3.8) is 0 Å². The number of nitrogens with one attached hydrogen (secondary N) is 3. The van der Waals surface area contributed by atoms with Gasteiger partial charge in [-0.1, -0.05) is 0 Å². The van der Waals surface area contributed by atoms with E-state index in [2.05, 4.69) is 16.2 Å². The van der Waals surface area contributed by atoms with Gasteiger partial charge in [0.05, 0.1) is 17.6 Å². The molecule has 1 aliphatic carbocycles. The minimum atomic E-state index is -0.570. The fraction of sp³-hybridized carbons (Fsp3) is 0.467. The average molecular weight is 384 g/mol. The van der Waals surface area contributed by atoms with E-state index in [1.54, 1.807) is 21.0 Å². The summed E-state index contributed by atoms with van der Waals surface area (Å²) in [6, 6.07) is 0. The molecule has 1 saturated carbocycles. The number of hydrogen-bond donors (Lipinski definition) is 3. The van der Waals surface area contributed by atoms with Crippen molar-refractivity contribution in [1.82, 2.24) is 15.8 Å². The topological polar surface area (TPSA) is 99.8 Å². The molecular formula is C15H20N4O4S2. The van der Waals surface area contributed by atoms with Crippen molar-refractivity contribution in [3.8, 4) is 0 Å². The molecule has 3 N–H and O–H groups in total. The smallest absolute Gasteiger partial charge is 0.341 e. The summed E-state index contributed by atoms with van der Waals surface area (Å²) in [5, 5.41) is 3.35. The normalized spacial score (nSPS) is 13.0. The second-order valence-corrected chi connectivity index (χ2v) is 7.22. The van der Waals surface area contributed by atoms with Crippen LogP contribution in [0.2, 0.25) is 0 Å². The lowest BCUT2D eigenvalue weighted by atomic mass is 10.1. The van der Waals surface area contributed by atoms with Gasteiger partial charge in [0, 0.05) is 20.0 Å². The molecule has 10 heteroatoms. The molecule has 2 amide bonds. The lowest BCUT2D eigenvalue weighted by molar-refractivity contribution is -0.122. The molecule has 0 radical (unpaired) electrons. The summed E-state index contributed by atoms with van der Waals surface area (Å²) in [7, 11) is 4.53. The van der Waals surface area contributed by atoms with Crippen molar-refractivity contribution < 1.29 is 19.1 Å². The van der Waals surface area contributed by atoms with Crippen LogP contribution >= 0.6 is 23.6 Å². The summed E-state index contributed by atoms with van der Waals surface area (Å²) >= 11 is 6.24. The molecule has 0 aliphatic heterocycles. The van der Waals surface area contributed by atoms with Gasteiger partial charge < -0.3 is 15.0 Å². The Hall–Kier alpha value is -2.20. The maximum Gasteiger partial charge on any atom is 0.341 e. The standard InChI is InChI=1S/C15H20N4O4S2/c1-7-9(14(22)23-4)12(25-10(7)13(21)19(2)3)16-15(24)18-17-11(20)8-5-6-8/h8H,5-6H2,1-4H3,(H,17,20)(H2,16,18,24). The zero-order valence-corrected chi connectivity index (χ0v) is 16.0. The lowest BCUT2D eigenvalue weighted by Gasteiger charge is -2.11. The predicted octanol–water partition coefficient (Wildman–Crippen LogP) is 1.27. The number of carbonyl (C=O) groups excluding carboxylic acids is 3. The lowest BCUT2D eigenvalue weighted by Crippen LogP contribution is -2.44. The number of methoxy groups -OCH3 is 1. The molecule has 0 aromatic carbocycles. The molecule has 1 heterocycles. The number of hydrazine groups is 1. The van der Waals surface area contributed by atoms with E-state index in [1.807, 2.05) is 0 Å². The zero-order chi connectivity index (χ0) is 18.7. The molecule has 8 nitrogen and oxygen atoms in total. The maximum absolute atomic E-state index is 12.3. The van der Waals surface area contributed by atoms with Crippen molar-refractivity contribution in [2.45, 2.75) is 19.8 Å². The van der Waals surface area contributed by atoms with Gasteiger partial charge in [0.25, 0.3) is 5.91 Å². The summed E-state index contributed by atoms with van der Waals surface area (Å²) in [6.45, 7) is 1.68. The summed E-state index contributed by atoms with van der Waals surface area (Å²) in [6.07, 6.45) is 1.75. The molecular weight excluding hydrogens is 364 g/mol. The van der Waals surface area contributed by atoms with Gasteiger partial charge in [-0.25, -0.2) is 4.79 Å². The van der Waals surface area contributed by atoms with Gasteiger partial charge in [0.1, 0.15) is 5.00 Å². The van der Waals surface area contributed by atoms with Crippen LogP contribution in [0.1, 0.15) is 38.4 Å². The van der Waals surface area contributed by atoms with Crippen LogP contribution in [0, 0.1) is 12.8 Å². The number of hydrogen-bond acceptors (Lipinski definition) is 6. The van der Waals surface area contributed by atoms with Crippen molar-refractivity contribution in [3.05, 3.63) is 16.0 Å². The van der Waals surface area contributed by atoms with Gasteiger partial charge in [-0.3, -0.25) is 20.4 Å². The van der Waals surface area contributed by atoms with Crippen LogP contribution in [0.5, 0.6) is 0 Å². The second kappa shape index (κ2) is 7.79. The fourth-order valence-corrected chi connectivity index (χ4v) is 3.50. The Morgan fingerprint density at radius 1 is 1.24 bits per heavy atom. The average Bonchev–Trinajstić information content (AvgIpc) is 3.36. The van der Waals surface area contributed by atoms with Crippen LogP contribution in [0.15, 0.2) is 0 Å². The first kappa shape index (κ1) is 19.1. The van der Waals surface area contributed by atoms with Crippen molar-refractivity contribution in [1.29, 1.82) is 0 Å². The van der Waals surface area contributed by atoms with Gasteiger partial charge in [0.15, 0.2) is 5.11 Å². The van der Waals surface area contributed by atoms with Crippen molar-refractivity contribution >= 4 is 51.5 Å². The van der Waals surface area contributed by atoms with Crippen LogP contribution in [0.25, 0.3) is 0 Å². The van der Waals surface area contributed by atoms with Gasteiger partial charge in [-0.15, -0.1) is 11.3 Å². The van der Waals surface area contributed by atoms with E-state index in [0.29, 0.717) is 15.4 Å². The summed E-state index contributed by atoms with van der Waals surface area (Å²) in [5.41, 5.74) is 5.87. The number of ether oxygens (including phenoxy) is 1.